The summed E-state index contributed by atoms with van der Waals surface area (Å²) in [7, 11) is 0. The Balaban J connectivity index is 2.05. The first-order valence-corrected chi connectivity index (χ1v) is 7.45. The molecular formula is C13H10BrFN2O3S. The van der Waals surface area contributed by atoms with Crippen LogP contribution < -0.4 is 10.6 Å². The number of carbonyl (C=O) groups excluding carboxylic acids is 1. The Hall–Kier alpha value is -1.93. The summed E-state index contributed by atoms with van der Waals surface area (Å²) in [6, 6.07) is 4.92. The molecule has 0 aliphatic carbocycles. The molecule has 8 heteroatoms. The highest BCUT2D eigenvalue weighted by atomic mass is 79.9. The molecule has 0 saturated carbocycles. The van der Waals surface area contributed by atoms with Gasteiger partial charge in [-0.1, -0.05) is 6.07 Å². The van der Waals surface area contributed by atoms with Gasteiger partial charge in [-0.15, -0.1) is 11.3 Å². The van der Waals surface area contributed by atoms with Gasteiger partial charge in [0.1, 0.15) is 11.4 Å². The molecule has 0 atom stereocenters. The van der Waals surface area contributed by atoms with Gasteiger partial charge in [0.05, 0.1) is 12.2 Å². The van der Waals surface area contributed by atoms with Gasteiger partial charge in [0.2, 0.25) is 0 Å². The van der Waals surface area contributed by atoms with Crippen molar-refractivity contribution in [3.05, 3.63) is 50.4 Å². The average molecular weight is 373 g/mol. The van der Waals surface area contributed by atoms with Gasteiger partial charge in [-0.05, 0) is 39.5 Å². The second-order valence-electron chi connectivity index (χ2n) is 3.97. The lowest BCUT2D eigenvalue weighted by atomic mass is 10.1. The van der Waals surface area contributed by atoms with Gasteiger partial charge in [-0.25, -0.2) is 14.0 Å². The number of carbonyl (C=O) groups is 2. The Morgan fingerprint density at radius 3 is 2.71 bits per heavy atom. The molecule has 5 nitrogen and oxygen atoms in total. The number of anilines is 1. The lowest BCUT2D eigenvalue weighted by molar-refractivity contribution is 0.0693. The molecule has 0 aliphatic heterocycles. The van der Waals surface area contributed by atoms with E-state index in [1.807, 2.05) is 11.4 Å². The zero-order chi connectivity index (χ0) is 15.4. The van der Waals surface area contributed by atoms with Crippen molar-refractivity contribution in [3.63, 3.8) is 0 Å². The van der Waals surface area contributed by atoms with Crippen LogP contribution in [0.2, 0.25) is 0 Å². The van der Waals surface area contributed by atoms with Crippen LogP contribution in [0.1, 0.15) is 15.2 Å². The second kappa shape index (κ2) is 6.68. The van der Waals surface area contributed by atoms with E-state index in [9.17, 15) is 14.0 Å². The second-order valence-corrected chi connectivity index (χ2v) is 5.82. The quantitative estimate of drug-likeness (QED) is 0.765. The number of halogens is 2. The molecule has 1 aromatic heterocycles. The summed E-state index contributed by atoms with van der Waals surface area (Å²) >= 11 is 4.80. The minimum atomic E-state index is -1.44. The van der Waals surface area contributed by atoms with E-state index in [4.69, 9.17) is 5.11 Å². The maximum atomic E-state index is 13.5. The summed E-state index contributed by atoms with van der Waals surface area (Å²) in [6.45, 7) is 0.280. The molecule has 0 saturated heterocycles. The molecule has 0 fully saturated rings. The summed E-state index contributed by atoms with van der Waals surface area (Å²) in [5.74, 6) is -2.34. The molecule has 2 amide bonds. The number of urea groups is 1. The summed E-state index contributed by atoms with van der Waals surface area (Å²) < 4.78 is 14.3. The van der Waals surface area contributed by atoms with Crippen LogP contribution in [0.15, 0.2) is 34.1 Å². The monoisotopic (exact) mass is 372 g/mol. The van der Waals surface area contributed by atoms with E-state index in [-0.39, 0.29) is 12.2 Å². The molecule has 2 aromatic rings. The maximum Gasteiger partial charge on any atom is 0.340 e. The Labute approximate surface area is 131 Å². The summed E-state index contributed by atoms with van der Waals surface area (Å²) in [6.07, 6.45) is 0. The zero-order valence-electron chi connectivity index (χ0n) is 10.5. The SMILES string of the molecule is O=C(NCc1sccc1Br)Nc1cccc(F)c1C(=O)O. The molecule has 1 aromatic carbocycles. The minimum Gasteiger partial charge on any atom is -0.478 e. The van der Waals surface area contributed by atoms with Gasteiger partial charge in [-0.2, -0.15) is 0 Å². The van der Waals surface area contributed by atoms with E-state index in [1.165, 1.54) is 23.5 Å². The van der Waals surface area contributed by atoms with Crippen LogP contribution in [0, 0.1) is 5.82 Å². The fraction of sp³-hybridized carbons (Fsp3) is 0.0769. The van der Waals surface area contributed by atoms with Crippen LogP contribution in [0.5, 0.6) is 0 Å². The Kier molecular flexibility index (Phi) is 4.92. The molecule has 0 aliphatic rings. The number of hydrogen-bond acceptors (Lipinski definition) is 3. The van der Waals surface area contributed by atoms with Crippen LogP contribution in [-0.4, -0.2) is 17.1 Å². The van der Waals surface area contributed by atoms with E-state index in [0.717, 1.165) is 15.4 Å². The Morgan fingerprint density at radius 2 is 2.10 bits per heavy atom. The van der Waals surface area contributed by atoms with Gasteiger partial charge in [0.25, 0.3) is 0 Å². The lowest BCUT2D eigenvalue weighted by Gasteiger charge is -2.10. The first kappa shape index (κ1) is 15.5. The van der Waals surface area contributed by atoms with Crippen molar-refractivity contribution >= 4 is 45.0 Å². The number of rotatable bonds is 4. The molecular weight excluding hydrogens is 363 g/mol. The highest BCUT2D eigenvalue weighted by Crippen LogP contribution is 2.22. The largest absolute Gasteiger partial charge is 0.478 e. The topological polar surface area (TPSA) is 78.4 Å². The number of thiophene rings is 1. The number of amides is 2. The van der Waals surface area contributed by atoms with Crippen molar-refractivity contribution in [2.45, 2.75) is 6.54 Å². The highest BCUT2D eigenvalue weighted by molar-refractivity contribution is 9.10. The number of carboxylic acid groups (broad SMARTS) is 1. The fourth-order valence-corrected chi connectivity index (χ4v) is 3.06. The van der Waals surface area contributed by atoms with Crippen LogP contribution >= 0.6 is 27.3 Å². The van der Waals surface area contributed by atoms with Crippen LogP contribution in [0.25, 0.3) is 0 Å². The molecule has 0 bridgehead atoms. The van der Waals surface area contributed by atoms with Crippen molar-refractivity contribution in [2.24, 2.45) is 0 Å². The van der Waals surface area contributed by atoms with E-state index < -0.39 is 23.4 Å². The first-order chi connectivity index (χ1) is 9.99. The third kappa shape index (κ3) is 3.79. The van der Waals surface area contributed by atoms with Gasteiger partial charge in [0.15, 0.2) is 0 Å². The van der Waals surface area contributed by atoms with E-state index in [0.29, 0.717) is 0 Å². The first-order valence-electron chi connectivity index (χ1n) is 5.77. The predicted octanol–water partition coefficient (Wildman–Crippen LogP) is 3.67. The molecule has 21 heavy (non-hydrogen) atoms. The van der Waals surface area contributed by atoms with Crippen molar-refractivity contribution in [1.29, 1.82) is 0 Å². The average Bonchev–Trinajstić information content (AvgIpc) is 2.81. The van der Waals surface area contributed by atoms with Gasteiger partial charge >= 0.3 is 12.0 Å². The van der Waals surface area contributed by atoms with Crippen molar-refractivity contribution in [2.75, 3.05) is 5.32 Å². The van der Waals surface area contributed by atoms with Gasteiger partial charge in [-0.3, -0.25) is 0 Å². The van der Waals surface area contributed by atoms with Crippen molar-refractivity contribution in [1.82, 2.24) is 5.32 Å². The Morgan fingerprint density at radius 1 is 1.33 bits per heavy atom. The summed E-state index contributed by atoms with van der Waals surface area (Å²) in [4.78, 5) is 23.7. The molecule has 110 valence electrons. The molecule has 0 spiro atoms. The third-order valence-electron chi connectivity index (χ3n) is 2.58. The van der Waals surface area contributed by atoms with Crippen LogP contribution in [0.3, 0.4) is 0 Å². The normalized spacial score (nSPS) is 10.2. The minimum absolute atomic E-state index is 0.0924. The third-order valence-corrected chi connectivity index (χ3v) is 4.50. The highest BCUT2D eigenvalue weighted by Gasteiger charge is 2.17. The molecule has 1 heterocycles. The maximum absolute atomic E-state index is 13.5. The smallest absolute Gasteiger partial charge is 0.340 e. The number of aromatic carboxylic acids is 1. The van der Waals surface area contributed by atoms with Crippen molar-refractivity contribution < 1.29 is 19.1 Å². The van der Waals surface area contributed by atoms with Gasteiger partial charge in [0, 0.05) is 9.35 Å². The molecule has 0 radical (unpaired) electrons. The van der Waals surface area contributed by atoms with E-state index in [1.54, 1.807) is 0 Å². The van der Waals surface area contributed by atoms with E-state index in [2.05, 4.69) is 26.6 Å². The molecule has 2 rings (SSSR count). The number of carboxylic acids is 1. The molecule has 3 N–H and O–H groups in total. The van der Waals surface area contributed by atoms with Crippen LogP contribution in [0.4, 0.5) is 14.9 Å². The number of hydrogen-bond donors (Lipinski definition) is 3. The summed E-state index contributed by atoms with van der Waals surface area (Å²) in [5, 5.41) is 15.7. The predicted molar refractivity (Wildman–Crippen MR) is 81.2 cm³/mol. The standard InChI is InChI=1S/C13H10BrFN2O3S/c14-7-4-5-21-10(7)6-16-13(20)17-9-3-1-2-8(15)11(9)12(18)19/h1-5H,6H2,(H,18,19)(H2,16,17,20). The van der Waals surface area contributed by atoms with Gasteiger partial charge < -0.3 is 15.7 Å². The summed E-state index contributed by atoms with van der Waals surface area (Å²) in [5.41, 5.74) is -0.657. The van der Waals surface area contributed by atoms with E-state index >= 15 is 0 Å². The lowest BCUT2D eigenvalue weighted by Crippen LogP contribution is -2.28. The fourth-order valence-electron chi connectivity index (χ4n) is 1.62. The number of nitrogens with one attached hydrogen (secondary N) is 2. The molecule has 0 unspecified atom stereocenters. The van der Waals surface area contributed by atoms with Crippen molar-refractivity contribution in [3.8, 4) is 0 Å². The Bertz CT molecular complexity index is 690. The van der Waals surface area contributed by atoms with Crippen LogP contribution in [-0.2, 0) is 6.54 Å². The zero-order valence-corrected chi connectivity index (χ0v) is 12.9. The number of benzene rings is 1.